The van der Waals surface area contributed by atoms with E-state index in [2.05, 4.69) is 10.1 Å². The predicted molar refractivity (Wildman–Crippen MR) is 129 cm³/mol. The van der Waals surface area contributed by atoms with E-state index < -0.39 is 12.3 Å². The minimum atomic E-state index is -4.77. The summed E-state index contributed by atoms with van der Waals surface area (Å²) in [4.78, 5) is 15.7. The molecule has 0 saturated carbocycles. The highest BCUT2D eigenvalue weighted by atomic mass is 19.4. The number of aromatic nitrogens is 2. The average molecular weight is 499 g/mol. The Hall–Kier alpha value is -4.21. The second-order valence-electron chi connectivity index (χ2n) is 8.14. The molecule has 1 aromatic heterocycles. The van der Waals surface area contributed by atoms with Gasteiger partial charge in [0, 0.05) is 17.7 Å². The van der Waals surface area contributed by atoms with Gasteiger partial charge in [-0.05, 0) is 61.4 Å². The van der Waals surface area contributed by atoms with Crippen LogP contribution in [-0.2, 0) is 11.2 Å². The molecule has 0 spiro atoms. The first-order valence-corrected chi connectivity index (χ1v) is 11.1. The molecule has 0 aliphatic carbocycles. The minimum absolute atomic E-state index is 0.00127. The molecule has 4 aromatic rings. The number of nitrogens with one attached hydrogen (secondary N) is 1. The molecule has 0 bridgehead atoms. The Morgan fingerprint density at radius 1 is 1.11 bits per heavy atom. The number of alkyl halides is 3. The number of imidazole rings is 1. The molecule has 0 aliphatic heterocycles. The highest BCUT2D eigenvalue weighted by molar-refractivity contribution is 5.81. The third-order valence-corrected chi connectivity index (χ3v) is 5.70. The van der Waals surface area contributed by atoms with Gasteiger partial charge in [-0.1, -0.05) is 24.3 Å². The summed E-state index contributed by atoms with van der Waals surface area (Å²) in [6.07, 6.45) is -4.41. The van der Waals surface area contributed by atoms with Gasteiger partial charge in [0.2, 0.25) is 5.95 Å². The summed E-state index contributed by atoms with van der Waals surface area (Å²) in [5.41, 5.74) is 3.71. The zero-order valence-electron chi connectivity index (χ0n) is 19.5. The fraction of sp³-hybridized carbons (Fsp3) is 0.231. The van der Waals surface area contributed by atoms with Gasteiger partial charge in [0.15, 0.2) is 0 Å². The van der Waals surface area contributed by atoms with Crippen molar-refractivity contribution in [2.75, 3.05) is 12.4 Å². The molecule has 36 heavy (non-hydrogen) atoms. The monoisotopic (exact) mass is 499 g/mol. The molecule has 0 amide bonds. The van der Waals surface area contributed by atoms with Crippen molar-refractivity contribution in [3.63, 3.8) is 0 Å². The van der Waals surface area contributed by atoms with Crippen molar-refractivity contribution >= 4 is 28.6 Å². The number of carbonyl (C=O) groups is 1. The van der Waals surface area contributed by atoms with E-state index >= 15 is 0 Å². The number of hydrogen-bond donors (Lipinski definition) is 2. The Balaban J connectivity index is 1.74. The molecule has 1 unspecified atom stereocenters. The van der Waals surface area contributed by atoms with Gasteiger partial charge in [-0.3, -0.25) is 4.79 Å². The highest BCUT2D eigenvalue weighted by Crippen LogP contribution is 2.35. The number of methoxy groups -OCH3 is 1. The molecule has 1 heterocycles. The quantitative estimate of drug-likeness (QED) is 0.281. The molecule has 4 rings (SSSR count). The van der Waals surface area contributed by atoms with Crippen LogP contribution in [0.25, 0.3) is 11.0 Å². The maximum absolute atomic E-state index is 12.5. The van der Waals surface area contributed by atoms with Crippen LogP contribution < -0.4 is 14.8 Å². The lowest BCUT2D eigenvalue weighted by atomic mass is 10.1. The number of halogens is 3. The van der Waals surface area contributed by atoms with Gasteiger partial charge in [0.05, 0.1) is 24.2 Å². The summed E-state index contributed by atoms with van der Waals surface area (Å²) in [5, 5.41) is 12.2. The highest BCUT2D eigenvalue weighted by Gasteiger charge is 2.31. The fourth-order valence-corrected chi connectivity index (χ4v) is 4.05. The van der Waals surface area contributed by atoms with E-state index in [1.54, 1.807) is 7.11 Å². The number of hydrogen-bond acceptors (Lipinski definition) is 5. The minimum Gasteiger partial charge on any atom is -0.496 e. The van der Waals surface area contributed by atoms with Crippen molar-refractivity contribution in [2.24, 2.45) is 0 Å². The third-order valence-electron chi connectivity index (χ3n) is 5.70. The number of aliphatic carboxylic acids is 1. The number of aryl methyl sites for hydroxylation is 1. The number of fused-ring (bicyclic) bond motifs is 1. The van der Waals surface area contributed by atoms with Gasteiger partial charge < -0.3 is 24.5 Å². The SMILES string of the molecule is COc1ccccc1C(C)n1c(Nc2ccc(OC(F)(F)F)cc2)nc2cc(CCC(=O)O)ccc21. The third kappa shape index (κ3) is 5.70. The lowest BCUT2D eigenvalue weighted by Crippen LogP contribution is -2.17. The molecule has 3 aromatic carbocycles. The summed E-state index contributed by atoms with van der Waals surface area (Å²) in [6.45, 7) is 1.99. The topological polar surface area (TPSA) is 85.6 Å². The van der Waals surface area contributed by atoms with Crippen LogP contribution in [0, 0.1) is 0 Å². The zero-order chi connectivity index (χ0) is 25.9. The largest absolute Gasteiger partial charge is 0.573 e. The number of para-hydroxylation sites is 1. The first-order valence-electron chi connectivity index (χ1n) is 11.1. The van der Waals surface area contributed by atoms with Crippen LogP contribution in [-0.4, -0.2) is 34.1 Å². The van der Waals surface area contributed by atoms with Crippen LogP contribution in [0.4, 0.5) is 24.8 Å². The maximum Gasteiger partial charge on any atom is 0.573 e. The Bertz CT molecular complexity index is 1370. The first kappa shape index (κ1) is 24.9. The molecule has 0 aliphatic rings. The van der Waals surface area contributed by atoms with Crippen molar-refractivity contribution in [3.8, 4) is 11.5 Å². The van der Waals surface area contributed by atoms with Crippen molar-refractivity contribution in [1.29, 1.82) is 0 Å². The van der Waals surface area contributed by atoms with Crippen LogP contribution in [0.3, 0.4) is 0 Å². The lowest BCUT2D eigenvalue weighted by molar-refractivity contribution is -0.274. The normalized spacial score (nSPS) is 12.4. The van der Waals surface area contributed by atoms with Crippen molar-refractivity contribution in [2.45, 2.75) is 32.2 Å². The van der Waals surface area contributed by atoms with Crippen LogP contribution in [0.15, 0.2) is 66.7 Å². The number of ether oxygens (including phenoxy) is 2. The molecule has 10 heteroatoms. The second-order valence-corrected chi connectivity index (χ2v) is 8.14. The molecule has 0 saturated heterocycles. The number of carboxylic acid groups (broad SMARTS) is 1. The van der Waals surface area contributed by atoms with Crippen LogP contribution >= 0.6 is 0 Å². The fourth-order valence-electron chi connectivity index (χ4n) is 4.05. The van der Waals surface area contributed by atoms with Crippen LogP contribution in [0.2, 0.25) is 0 Å². The standard InChI is InChI=1S/C26H24F3N3O4/c1-16(20-5-3-4-6-23(20)35-2)32-22-13-7-17(8-14-24(33)34)15-21(22)31-25(32)30-18-9-11-19(12-10-18)36-26(27,28)29/h3-7,9-13,15-16H,8,14H2,1-2H3,(H,30,31)(H,33,34). The molecule has 0 radical (unpaired) electrons. The molecular formula is C26H24F3N3O4. The number of anilines is 2. The Kier molecular flexibility index (Phi) is 7.05. The van der Waals surface area contributed by atoms with Crippen LogP contribution in [0.1, 0.15) is 30.5 Å². The lowest BCUT2D eigenvalue weighted by Gasteiger charge is -2.21. The Morgan fingerprint density at radius 2 is 1.83 bits per heavy atom. The Labute approximate surface area is 205 Å². The molecule has 2 N–H and O–H groups in total. The van der Waals surface area contributed by atoms with E-state index in [0.29, 0.717) is 29.3 Å². The first-order chi connectivity index (χ1) is 17.1. The van der Waals surface area contributed by atoms with E-state index in [0.717, 1.165) is 16.6 Å². The van der Waals surface area contributed by atoms with E-state index in [-0.39, 0.29) is 18.2 Å². The van der Waals surface area contributed by atoms with Gasteiger partial charge in [0.25, 0.3) is 0 Å². The van der Waals surface area contributed by atoms with Crippen molar-refractivity contribution < 1.29 is 32.5 Å². The number of carboxylic acids is 1. The van der Waals surface area contributed by atoms with Crippen molar-refractivity contribution in [1.82, 2.24) is 9.55 Å². The molecule has 188 valence electrons. The van der Waals surface area contributed by atoms with Gasteiger partial charge in [-0.15, -0.1) is 13.2 Å². The van der Waals surface area contributed by atoms with Gasteiger partial charge in [-0.25, -0.2) is 4.98 Å². The maximum atomic E-state index is 12.5. The van der Waals surface area contributed by atoms with Crippen LogP contribution in [0.5, 0.6) is 11.5 Å². The molecule has 7 nitrogen and oxygen atoms in total. The predicted octanol–water partition coefficient (Wildman–Crippen LogP) is 6.31. The number of nitrogens with zero attached hydrogens (tertiary/aromatic N) is 2. The summed E-state index contributed by atoms with van der Waals surface area (Å²) in [7, 11) is 1.59. The number of rotatable bonds is 9. The average Bonchev–Trinajstić information content (AvgIpc) is 3.19. The summed E-state index contributed by atoms with van der Waals surface area (Å²) < 4.78 is 49.0. The van der Waals surface area contributed by atoms with Gasteiger partial charge >= 0.3 is 12.3 Å². The van der Waals surface area contributed by atoms with E-state index in [1.165, 1.54) is 24.3 Å². The smallest absolute Gasteiger partial charge is 0.496 e. The summed E-state index contributed by atoms with van der Waals surface area (Å²) >= 11 is 0. The second kappa shape index (κ2) is 10.2. The van der Waals surface area contributed by atoms with Gasteiger partial charge in [0.1, 0.15) is 11.5 Å². The zero-order valence-corrected chi connectivity index (χ0v) is 19.5. The molecular weight excluding hydrogens is 475 g/mol. The van der Waals surface area contributed by atoms with E-state index in [4.69, 9.17) is 14.8 Å². The molecule has 0 fully saturated rings. The number of benzene rings is 3. The summed E-state index contributed by atoms with van der Waals surface area (Å²) in [6, 6.07) is 18.3. The van der Waals surface area contributed by atoms with Gasteiger partial charge in [-0.2, -0.15) is 0 Å². The van der Waals surface area contributed by atoms with E-state index in [9.17, 15) is 18.0 Å². The van der Waals surface area contributed by atoms with E-state index in [1.807, 2.05) is 54.0 Å². The van der Waals surface area contributed by atoms with Crippen molar-refractivity contribution in [3.05, 3.63) is 77.9 Å². The Morgan fingerprint density at radius 3 is 2.50 bits per heavy atom. The summed E-state index contributed by atoms with van der Waals surface area (Å²) in [5.74, 6) is -0.0504. The molecule has 1 atom stereocenters.